The van der Waals surface area contributed by atoms with Crippen LogP contribution >= 0.6 is 0 Å². The van der Waals surface area contributed by atoms with Crippen molar-refractivity contribution in [2.45, 2.75) is 45.6 Å². The molecule has 2 rings (SSSR count). The maximum Gasteiger partial charge on any atom is 0.00726 e. The Morgan fingerprint density at radius 2 is 1.81 bits per heavy atom. The van der Waals surface area contributed by atoms with E-state index in [1.54, 1.807) is 0 Å². The normalized spacial score (nSPS) is 33.0. The molecule has 1 N–H and O–H groups in total. The van der Waals surface area contributed by atoms with Gasteiger partial charge in [0.25, 0.3) is 0 Å². The smallest absolute Gasteiger partial charge is 0.00726 e. The zero-order valence-electron chi connectivity index (χ0n) is 11.2. The minimum atomic E-state index is 0.840. The third kappa shape index (κ3) is 3.21. The number of nitrogens with zero attached hydrogens (tertiary/aromatic N) is 1. The van der Waals surface area contributed by atoms with Crippen molar-refractivity contribution in [2.75, 3.05) is 26.7 Å². The van der Waals surface area contributed by atoms with Gasteiger partial charge in [0.15, 0.2) is 0 Å². The highest BCUT2D eigenvalue weighted by Crippen LogP contribution is 2.33. The van der Waals surface area contributed by atoms with Gasteiger partial charge in [0.2, 0.25) is 0 Å². The molecule has 1 aliphatic heterocycles. The van der Waals surface area contributed by atoms with E-state index >= 15 is 0 Å². The summed E-state index contributed by atoms with van der Waals surface area (Å²) in [7, 11) is 2.24. The Kier molecular flexibility index (Phi) is 4.26. The highest BCUT2D eigenvalue weighted by atomic mass is 15.1. The van der Waals surface area contributed by atoms with Gasteiger partial charge in [-0.15, -0.1) is 0 Å². The Bertz CT molecular complexity index is 201. The molecule has 2 heteroatoms. The van der Waals surface area contributed by atoms with E-state index in [0.29, 0.717) is 0 Å². The highest BCUT2D eigenvalue weighted by Gasteiger charge is 2.31. The van der Waals surface area contributed by atoms with Gasteiger partial charge in [-0.25, -0.2) is 0 Å². The minimum Gasteiger partial charge on any atom is -0.314 e. The number of hydrogen-bond acceptors (Lipinski definition) is 2. The maximum atomic E-state index is 3.77. The van der Waals surface area contributed by atoms with Gasteiger partial charge in [0.05, 0.1) is 0 Å². The second-order valence-corrected chi connectivity index (χ2v) is 6.33. The topological polar surface area (TPSA) is 15.3 Å². The molecular formula is C14H28N2. The summed E-state index contributed by atoms with van der Waals surface area (Å²) < 4.78 is 0. The summed E-state index contributed by atoms with van der Waals surface area (Å²) in [6.07, 6.45) is 5.63. The van der Waals surface area contributed by atoms with Crippen LogP contribution in [0.25, 0.3) is 0 Å². The molecular weight excluding hydrogens is 196 g/mol. The Morgan fingerprint density at radius 1 is 1.19 bits per heavy atom. The molecule has 1 heterocycles. The van der Waals surface area contributed by atoms with Crippen molar-refractivity contribution in [1.82, 2.24) is 10.2 Å². The summed E-state index contributed by atoms with van der Waals surface area (Å²) >= 11 is 0. The number of rotatable bonds is 4. The summed E-state index contributed by atoms with van der Waals surface area (Å²) in [6, 6.07) is 0.840. The van der Waals surface area contributed by atoms with E-state index in [9.17, 15) is 0 Å². The van der Waals surface area contributed by atoms with E-state index in [1.807, 2.05) is 0 Å². The molecule has 0 radical (unpaired) electrons. The first-order valence-corrected chi connectivity index (χ1v) is 7.07. The molecule has 0 amide bonds. The number of piperidine rings is 1. The quantitative estimate of drug-likeness (QED) is 0.788. The van der Waals surface area contributed by atoms with E-state index in [1.165, 1.54) is 45.3 Å². The molecule has 16 heavy (non-hydrogen) atoms. The first-order valence-electron chi connectivity index (χ1n) is 7.07. The molecule has 2 fully saturated rings. The number of nitrogens with one attached hydrogen (secondary N) is 1. The second-order valence-electron chi connectivity index (χ2n) is 6.33. The van der Waals surface area contributed by atoms with E-state index in [4.69, 9.17) is 0 Å². The Morgan fingerprint density at radius 3 is 2.38 bits per heavy atom. The third-order valence-electron chi connectivity index (χ3n) is 4.65. The molecule has 0 aromatic carbocycles. The molecule has 2 nitrogen and oxygen atoms in total. The summed E-state index contributed by atoms with van der Waals surface area (Å²) in [5, 5.41) is 3.77. The monoisotopic (exact) mass is 224 g/mol. The first-order chi connectivity index (χ1) is 7.65. The highest BCUT2D eigenvalue weighted by molar-refractivity contribution is 4.87. The van der Waals surface area contributed by atoms with Crippen molar-refractivity contribution < 1.29 is 0 Å². The lowest BCUT2D eigenvalue weighted by Gasteiger charge is -2.40. The van der Waals surface area contributed by atoms with Crippen LogP contribution in [0.5, 0.6) is 0 Å². The fourth-order valence-corrected chi connectivity index (χ4v) is 2.97. The van der Waals surface area contributed by atoms with E-state index in [2.05, 4.69) is 31.1 Å². The predicted molar refractivity (Wildman–Crippen MR) is 69.6 cm³/mol. The lowest BCUT2D eigenvalue weighted by atomic mass is 9.73. The molecule has 0 atom stereocenters. The summed E-state index contributed by atoms with van der Waals surface area (Å²) in [6.45, 7) is 8.58. The minimum absolute atomic E-state index is 0.840. The third-order valence-corrected chi connectivity index (χ3v) is 4.65. The Labute approximate surface area is 101 Å². The van der Waals surface area contributed by atoms with Gasteiger partial charge in [-0.05, 0) is 70.1 Å². The van der Waals surface area contributed by atoms with Gasteiger partial charge in [-0.3, -0.25) is 0 Å². The van der Waals surface area contributed by atoms with Crippen molar-refractivity contribution in [3.63, 3.8) is 0 Å². The lowest BCUT2D eigenvalue weighted by molar-refractivity contribution is 0.151. The number of hydrogen-bond donors (Lipinski definition) is 1. The van der Waals surface area contributed by atoms with Crippen LogP contribution in [0.4, 0.5) is 0 Å². The summed E-state index contributed by atoms with van der Waals surface area (Å²) in [4.78, 5) is 2.45. The Balaban J connectivity index is 1.56. The zero-order chi connectivity index (χ0) is 11.5. The van der Waals surface area contributed by atoms with Crippen molar-refractivity contribution in [3.05, 3.63) is 0 Å². The van der Waals surface area contributed by atoms with Crippen LogP contribution in [0.1, 0.15) is 39.5 Å². The summed E-state index contributed by atoms with van der Waals surface area (Å²) in [5.74, 6) is 2.82. The van der Waals surface area contributed by atoms with Gasteiger partial charge in [-0.2, -0.15) is 0 Å². The van der Waals surface area contributed by atoms with Gasteiger partial charge in [0.1, 0.15) is 0 Å². The average Bonchev–Trinajstić information content (AvgIpc) is 2.18. The van der Waals surface area contributed by atoms with Crippen molar-refractivity contribution in [2.24, 2.45) is 17.8 Å². The van der Waals surface area contributed by atoms with Crippen LogP contribution in [0.3, 0.4) is 0 Å². The van der Waals surface area contributed by atoms with Crippen molar-refractivity contribution in [1.29, 1.82) is 0 Å². The molecule has 0 spiro atoms. The molecule has 0 bridgehead atoms. The fraction of sp³-hybridized carbons (Fsp3) is 1.00. The van der Waals surface area contributed by atoms with Crippen LogP contribution in [0, 0.1) is 17.8 Å². The SMILES string of the molecule is CC(C)C1CC(NCC2CCN(C)CC2)C1. The standard InChI is InChI=1S/C14H28N2/c1-11(2)13-8-14(9-13)15-10-12-4-6-16(3)7-5-12/h11-15H,4-10H2,1-3H3. The first kappa shape index (κ1) is 12.4. The van der Waals surface area contributed by atoms with Crippen LogP contribution in [0.2, 0.25) is 0 Å². The largest absolute Gasteiger partial charge is 0.314 e. The van der Waals surface area contributed by atoms with Gasteiger partial charge in [-0.1, -0.05) is 13.8 Å². The Hall–Kier alpha value is -0.0800. The molecule has 94 valence electrons. The van der Waals surface area contributed by atoms with Crippen LogP contribution < -0.4 is 5.32 Å². The van der Waals surface area contributed by atoms with E-state index < -0.39 is 0 Å². The fourth-order valence-electron chi connectivity index (χ4n) is 2.97. The molecule has 2 aliphatic rings. The van der Waals surface area contributed by atoms with E-state index in [0.717, 1.165) is 23.8 Å². The van der Waals surface area contributed by atoms with Gasteiger partial charge in [0, 0.05) is 6.04 Å². The molecule has 1 saturated carbocycles. The van der Waals surface area contributed by atoms with Crippen molar-refractivity contribution >= 4 is 0 Å². The molecule has 1 saturated heterocycles. The molecule has 0 aromatic rings. The predicted octanol–water partition coefficient (Wildman–Crippen LogP) is 2.35. The number of likely N-dealkylation sites (tertiary alicyclic amines) is 1. The van der Waals surface area contributed by atoms with Crippen LogP contribution in [0.15, 0.2) is 0 Å². The van der Waals surface area contributed by atoms with Gasteiger partial charge >= 0.3 is 0 Å². The lowest BCUT2D eigenvalue weighted by Crippen LogP contribution is -2.46. The van der Waals surface area contributed by atoms with Crippen LogP contribution in [-0.4, -0.2) is 37.6 Å². The van der Waals surface area contributed by atoms with E-state index in [-0.39, 0.29) is 0 Å². The average molecular weight is 224 g/mol. The van der Waals surface area contributed by atoms with Gasteiger partial charge < -0.3 is 10.2 Å². The zero-order valence-corrected chi connectivity index (χ0v) is 11.2. The maximum absolute atomic E-state index is 3.77. The molecule has 1 aliphatic carbocycles. The molecule has 0 aromatic heterocycles. The second kappa shape index (κ2) is 5.50. The van der Waals surface area contributed by atoms with Crippen LogP contribution in [-0.2, 0) is 0 Å². The molecule has 0 unspecified atom stereocenters. The van der Waals surface area contributed by atoms with Crippen molar-refractivity contribution in [3.8, 4) is 0 Å². The summed E-state index contributed by atoms with van der Waals surface area (Å²) in [5.41, 5.74) is 0.